The van der Waals surface area contributed by atoms with Gasteiger partial charge in [0.1, 0.15) is 0 Å². The minimum atomic E-state index is -3.75. The van der Waals surface area contributed by atoms with Crippen LogP contribution in [0, 0.1) is 10.1 Å². The lowest BCUT2D eigenvalue weighted by Gasteiger charge is -2.36. The number of benzene rings is 2. The van der Waals surface area contributed by atoms with Crippen molar-refractivity contribution >= 4 is 15.7 Å². The normalized spacial score (nSPS) is 21.8. The minimum absolute atomic E-state index is 0.0408. The average molecular weight is 362 g/mol. The number of ether oxygens (including phenoxy) is 1. The summed E-state index contributed by atoms with van der Waals surface area (Å²) in [6.45, 7) is 2.27. The monoisotopic (exact) mass is 362 g/mol. The van der Waals surface area contributed by atoms with Gasteiger partial charge in [-0.15, -0.1) is 0 Å². The van der Waals surface area contributed by atoms with E-state index < -0.39 is 14.9 Å². The molecule has 1 fully saturated rings. The smallest absolute Gasteiger partial charge is 0.269 e. The first-order valence-electron chi connectivity index (χ1n) is 7.83. The van der Waals surface area contributed by atoms with Crippen LogP contribution >= 0.6 is 0 Å². The van der Waals surface area contributed by atoms with E-state index >= 15 is 0 Å². The number of hydrogen-bond donors (Lipinski definition) is 0. The molecule has 25 heavy (non-hydrogen) atoms. The first kappa shape index (κ1) is 17.5. The zero-order chi connectivity index (χ0) is 18.0. The van der Waals surface area contributed by atoms with Crippen molar-refractivity contribution in [2.24, 2.45) is 0 Å². The Balaban J connectivity index is 1.87. The van der Waals surface area contributed by atoms with Gasteiger partial charge < -0.3 is 4.74 Å². The molecule has 1 heterocycles. The Bertz CT molecular complexity index is 852. The molecule has 2 atom stereocenters. The number of morpholine rings is 1. The van der Waals surface area contributed by atoms with E-state index in [0.29, 0.717) is 0 Å². The van der Waals surface area contributed by atoms with Gasteiger partial charge in [-0.25, -0.2) is 8.42 Å². The third kappa shape index (κ3) is 3.71. The molecule has 1 aliphatic heterocycles. The molecule has 0 unspecified atom stereocenters. The van der Waals surface area contributed by atoms with Crippen molar-refractivity contribution in [3.8, 4) is 0 Å². The topological polar surface area (TPSA) is 89.8 Å². The van der Waals surface area contributed by atoms with Crippen molar-refractivity contribution in [2.45, 2.75) is 24.0 Å². The standard InChI is InChI=1S/C17H18N2O5S/c1-13-11-18(12-17(24-13)14-5-3-2-4-6-14)25(22,23)16-9-7-15(8-10-16)19(20)21/h2-10,13,17H,11-12H2,1H3/t13-,17+/m1/s1. The fourth-order valence-corrected chi connectivity index (χ4v) is 4.37. The van der Waals surface area contributed by atoms with Crippen LogP contribution in [0.4, 0.5) is 5.69 Å². The summed E-state index contributed by atoms with van der Waals surface area (Å²) in [7, 11) is -3.75. The van der Waals surface area contributed by atoms with Crippen LogP contribution in [0.3, 0.4) is 0 Å². The summed E-state index contributed by atoms with van der Waals surface area (Å²) < 4.78 is 33.0. The van der Waals surface area contributed by atoms with Crippen molar-refractivity contribution in [3.05, 3.63) is 70.3 Å². The molecular formula is C17H18N2O5S. The molecule has 1 aliphatic rings. The number of nitro groups is 1. The summed E-state index contributed by atoms with van der Waals surface area (Å²) in [5, 5.41) is 10.7. The van der Waals surface area contributed by atoms with Crippen LogP contribution in [0.25, 0.3) is 0 Å². The Kier molecular flexibility index (Phi) is 4.85. The molecule has 7 nitrogen and oxygen atoms in total. The molecule has 0 bridgehead atoms. The molecular weight excluding hydrogens is 344 g/mol. The van der Waals surface area contributed by atoms with Crippen molar-refractivity contribution in [2.75, 3.05) is 13.1 Å². The minimum Gasteiger partial charge on any atom is -0.368 e. The summed E-state index contributed by atoms with van der Waals surface area (Å²) in [5.74, 6) is 0. The quantitative estimate of drug-likeness (QED) is 0.616. The second-order valence-corrected chi connectivity index (χ2v) is 7.86. The lowest BCUT2D eigenvalue weighted by atomic mass is 10.1. The molecule has 0 saturated carbocycles. The number of sulfonamides is 1. The van der Waals surface area contributed by atoms with Gasteiger partial charge in [-0.3, -0.25) is 10.1 Å². The second kappa shape index (κ2) is 6.91. The predicted octanol–water partition coefficient (Wildman–Crippen LogP) is 2.75. The first-order valence-corrected chi connectivity index (χ1v) is 9.27. The van der Waals surface area contributed by atoms with E-state index in [9.17, 15) is 18.5 Å². The maximum absolute atomic E-state index is 12.9. The summed E-state index contributed by atoms with van der Waals surface area (Å²) in [5.41, 5.74) is 0.773. The van der Waals surface area contributed by atoms with E-state index in [1.165, 1.54) is 28.6 Å². The zero-order valence-electron chi connectivity index (χ0n) is 13.6. The van der Waals surface area contributed by atoms with E-state index in [1.807, 2.05) is 37.3 Å². The molecule has 8 heteroatoms. The van der Waals surface area contributed by atoms with Crippen molar-refractivity contribution in [3.63, 3.8) is 0 Å². The van der Waals surface area contributed by atoms with Crippen LogP contribution < -0.4 is 0 Å². The van der Waals surface area contributed by atoms with Gasteiger partial charge in [-0.1, -0.05) is 30.3 Å². The van der Waals surface area contributed by atoms with Crippen LogP contribution in [-0.4, -0.2) is 36.8 Å². The van der Waals surface area contributed by atoms with Crippen LogP contribution in [0.5, 0.6) is 0 Å². The van der Waals surface area contributed by atoms with E-state index in [4.69, 9.17) is 4.74 Å². The van der Waals surface area contributed by atoms with Crippen molar-refractivity contribution < 1.29 is 18.1 Å². The Morgan fingerprint density at radius 3 is 2.32 bits per heavy atom. The molecule has 0 N–H and O–H groups in total. The molecule has 0 spiro atoms. The SMILES string of the molecule is C[C@@H]1CN(S(=O)(=O)c2ccc([N+](=O)[O-])cc2)C[C@@H](c2ccccc2)O1. The summed E-state index contributed by atoms with van der Waals surface area (Å²) >= 11 is 0. The van der Waals surface area contributed by atoms with Gasteiger partial charge in [-0.05, 0) is 24.6 Å². The van der Waals surface area contributed by atoms with Gasteiger partial charge in [0.25, 0.3) is 5.69 Å². The van der Waals surface area contributed by atoms with Crippen LogP contribution in [-0.2, 0) is 14.8 Å². The van der Waals surface area contributed by atoms with E-state index in [1.54, 1.807) is 0 Å². The Labute approximate surface area is 146 Å². The zero-order valence-corrected chi connectivity index (χ0v) is 14.4. The van der Waals surface area contributed by atoms with Gasteiger partial charge in [0.15, 0.2) is 0 Å². The molecule has 132 valence electrons. The fourth-order valence-electron chi connectivity index (χ4n) is 2.85. The lowest BCUT2D eigenvalue weighted by molar-refractivity contribution is -0.384. The van der Waals surface area contributed by atoms with E-state index in [0.717, 1.165) is 5.56 Å². The number of rotatable bonds is 4. The molecule has 0 aromatic heterocycles. The third-order valence-electron chi connectivity index (χ3n) is 4.08. The molecule has 0 amide bonds. The van der Waals surface area contributed by atoms with Crippen molar-refractivity contribution in [1.82, 2.24) is 4.31 Å². The summed E-state index contributed by atoms with van der Waals surface area (Å²) in [4.78, 5) is 10.2. The number of hydrogen-bond acceptors (Lipinski definition) is 5. The van der Waals surface area contributed by atoms with Gasteiger partial charge in [0, 0.05) is 25.2 Å². The second-order valence-electron chi connectivity index (χ2n) is 5.92. The first-order chi connectivity index (χ1) is 11.9. The van der Waals surface area contributed by atoms with E-state index in [-0.39, 0.29) is 35.9 Å². The highest BCUT2D eigenvalue weighted by Crippen LogP contribution is 2.29. The largest absolute Gasteiger partial charge is 0.368 e. The number of non-ortho nitro benzene ring substituents is 1. The average Bonchev–Trinajstić information content (AvgIpc) is 2.62. The van der Waals surface area contributed by atoms with Gasteiger partial charge >= 0.3 is 0 Å². The Hall–Kier alpha value is -2.29. The lowest BCUT2D eigenvalue weighted by Crippen LogP contribution is -2.45. The highest BCUT2D eigenvalue weighted by Gasteiger charge is 2.34. The molecule has 0 aliphatic carbocycles. The number of nitro benzene ring substituents is 1. The Morgan fingerprint density at radius 1 is 1.08 bits per heavy atom. The van der Waals surface area contributed by atoms with E-state index in [2.05, 4.69) is 0 Å². The predicted molar refractivity (Wildman–Crippen MR) is 91.6 cm³/mol. The van der Waals surface area contributed by atoms with Gasteiger partial charge in [-0.2, -0.15) is 4.31 Å². The molecule has 3 rings (SSSR count). The van der Waals surface area contributed by atoms with Gasteiger partial charge in [0.2, 0.25) is 10.0 Å². The number of nitrogens with zero attached hydrogens (tertiary/aromatic N) is 2. The highest BCUT2D eigenvalue weighted by atomic mass is 32.2. The third-order valence-corrected chi connectivity index (χ3v) is 5.93. The van der Waals surface area contributed by atoms with Crippen LogP contribution in [0.1, 0.15) is 18.6 Å². The van der Waals surface area contributed by atoms with Crippen molar-refractivity contribution in [1.29, 1.82) is 0 Å². The Morgan fingerprint density at radius 2 is 1.72 bits per heavy atom. The molecule has 2 aromatic carbocycles. The van der Waals surface area contributed by atoms with Crippen LogP contribution in [0.2, 0.25) is 0 Å². The summed E-state index contributed by atoms with van der Waals surface area (Å²) in [6, 6.07) is 14.4. The molecule has 1 saturated heterocycles. The maximum Gasteiger partial charge on any atom is 0.269 e. The maximum atomic E-state index is 12.9. The molecule has 2 aromatic rings. The van der Waals surface area contributed by atoms with Crippen LogP contribution in [0.15, 0.2) is 59.5 Å². The summed E-state index contributed by atoms with van der Waals surface area (Å²) in [6.07, 6.45) is -0.607. The highest BCUT2D eigenvalue weighted by molar-refractivity contribution is 7.89. The molecule has 0 radical (unpaired) electrons. The fraction of sp³-hybridized carbons (Fsp3) is 0.294. The van der Waals surface area contributed by atoms with Gasteiger partial charge in [0.05, 0.1) is 22.0 Å².